The SMILES string of the molecule is CC(C)(C)OC(=O)N[C@H](Cc1ccccc1)[C@H](O)C[C@](O)(Cc1ccccc1)C(=O)NCc1ccccc1. The minimum atomic E-state index is -1.93. The van der Waals surface area contributed by atoms with Crippen LogP contribution in [0.1, 0.15) is 43.9 Å². The molecule has 3 atom stereocenters. The molecule has 0 heterocycles. The number of hydrogen-bond acceptors (Lipinski definition) is 5. The predicted octanol–water partition coefficient (Wildman–Crippen LogP) is 4.16. The van der Waals surface area contributed by atoms with Crippen molar-refractivity contribution in [3.05, 3.63) is 108 Å². The van der Waals surface area contributed by atoms with Gasteiger partial charge in [-0.25, -0.2) is 4.79 Å². The van der Waals surface area contributed by atoms with E-state index in [1.165, 1.54) is 0 Å². The highest BCUT2D eigenvalue weighted by Crippen LogP contribution is 2.23. The molecule has 2 amide bonds. The van der Waals surface area contributed by atoms with Gasteiger partial charge in [-0.1, -0.05) is 91.0 Å². The molecule has 7 nitrogen and oxygen atoms in total. The lowest BCUT2D eigenvalue weighted by Crippen LogP contribution is -2.54. The number of carbonyl (C=O) groups excluding carboxylic acids is 2. The van der Waals surface area contributed by atoms with Gasteiger partial charge in [0.15, 0.2) is 0 Å². The Hall–Kier alpha value is -3.68. The molecule has 0 aliphatic heterocycles. The Balaban J connectivity index is 1.83. The molecule has 0 saturated heterocycles. The predicted molar refractivity (Wildman–Crippen MR) is 147 cm³/mol. The van der Waals surface area contributed by atoms with Crippen molar-refractivity contribution in [2.45, 2.75) is 69.9 Å². The number of aliphatic hydroxyl groups is 2. The minimum Gasteiger partial charge on any atom is -0.444 e. The Labute approximate surface area is 224 Å². The van der Waals surface area contributed by atoms with Gasteiger partial charge < -0.3 is 25.6 Å². The topological polar surface area (TPSA) is 108 Å². The highest BCUT2D eigenvalue weighted by atomic mass is 16.6. The molecule has 7 heteroatoms. The lowest BCUT2D eigenvalue weighted by atomic mass is 9.85. The van der Waals surface area contributed by atoms with Gasteiger partial charge in [-0.05, 0) is 43.9 Å². The van der Waals surface area contributed by atoms with Crippen LogP contribution in [0.3, 0.4) is 0 Å². The van der Waals surface area contributed by atoms with E-state index in [1.807, 2.05) is 91.0 Å². The molecular formula is C31H38N2O5. The number of rotatable bonds is 11. The number of hydrogen-bond donors (Lipinski definition) is 4. The zero-order valence-electron chi connectivity index (χ0n) is 22.3. The number of benzene rings is 3. The smallest absolute Gasteiger partial charge is 0.407 e. The Morgan fingerprint density at radius 3 is 1.84 bits per heavy atom. The molecule has 0 aromatic heterocycles. The third-order valence-electron chi connectivity index (χ3n) is 6.07. The van der Waals surface area contributed by atoms with Crippen LogP contribution in [0.4, 0.5) is 4.79 Å². The minimum absolute atomic E-state index is 0.00395. The highest BCUT2D eigenvalue weighted by molar-refractivity contribution is 5.85. The molecular weight excluding hydrogens is 480 g/mol. The summed E-state index contributed by atoms with van der Waals surface area (Å²) in [4.78, 5) is 26.0. The number of ether oxygens (including phenoxy) is 1. The van der Waals surface area contributed by atoms with E-state index in [9.17, 15) is 19.8 Å². The summed E-state index contributed by atoms with van der Waals surface area (Å²) in [7, 11) is 0. The second-order valence-corrected chi connectivity index (χ2v) is 10.6. The molecule has 0 aliphatic carbocycles. The zero-order chi connectivity index (χ0) is 27.6. The van der Waals surface area contributed by atoms with Crippen molar-refractivity contribution in [1.82, 2.24) is 10.6 Å². The molecule has 0 fully saturated rings. The Bertz CT molecular complexity index is 1150. The van der Waals surface area contributed by atoms with Crippen LogP contribution in [0, 0.1) is 0 Å². The van der Waals surface area contributed by atoms with Crippen LogP contribution in [-0.2, 0) is 28.9 Å². The van der Waals surface area contributed by atoms with E-state index in [2.05, 4.69) is 10.6 Å². The zero-order valence-corrected chi connectivity index (χ0v) is 22.3. The summed E-state index contributed by atoms with van der Waals surface area (Å²) in [5.41, 5.74) is -0.140. The molecule has 38 heavy (non-hydrogen) atoms. The molecule has 0 bridgehead atoms. The molecule has 0 spiro atoms. The van der Waals surface area contributed by atoms with E-state index >= 15 is 0 Å². The number of alkyl carbamates (subject to hydrolysis) is 1. The molecule has 0 saturated carbocycles. The Morgan fingerprint density at radius 2 is 1.32 bits per heavy atom. The first-order valence-corrected chi connectivity index (χ1v) is 12.8. The van der Waals surface area contributed by atoms with Crippen molar-refractivity contribution in [3.63, 3.8) is 0 Å². The van der Waals surface area contributed by atoms with Gasteiger partial charge in [-0.15, -0.1) is 0 Å². The summed E-state index contributed by atoms with van der Waals surface area (Å²) in [5.74, 6) is -0.597. The largest absolute Gasteiger partial charge is 0.444 e. The molecule has 4 N–H and O–H groups in total. The van der Waals surface area contributed by atoms with Gasteiger partial charge in [0, 0.05) is 19.4 Å². The summed E-state index contributed by atoms with van der Waals surface area (Å²) < 4.78 is 5.41. The first-order valence-electron chi connectivity index (χ1n) is 12.8. The summed E-state index contributed by atoms with van der Waals surface area (Å²) in [5, 5.41) is 28.6. The summed E-state index contributed by atoms with van der Waals surface area (Å²) in [6, 6.07) is 27.1. The maximum atomic E-state index is 13.4. The van der Waals surface area contributed by atoms with Gasteiger partial charge in [0.2, 0.25) is 0 Å². The van der Waals surface area contributed by atoms with Crippen molar-refractivity contribution in [3.8, 4) is 0 Å². The normalized spacial score (nSPS) is 14.6. The van der Waals surface area contributed by atoms with Crippen LogP contribution < -0.4 is 10.6 Å². The van der Waals surface area contributed by atoms with Crippen LogP contribution in [0.25, 0.3) is 0 Å². The van der Waals surface area contributed by atoms with E-state index < -0.39 is 35.3 Å². The fraction of sp³-hybridized carbons (Fsp3) is 0.355. The lowest BCUT2D eigenvalue weighted by molar-refractivity contribution is -0.143. The quantitative estimate of drug-likeness (QED) is 0.305. The maximum Gasteiger partial charge on any atom is 0.407 e. The fourth-order valence-electron chi connectivity index (χ4n) is 4.22. The second kappa shape index (κ2) is 13.2. The molecule has 0 aliphatic rings. The van der Waals surface area contributed by atoms with Crippen molar-refractivity contribution >= 4 is 12.0 Å². The van der Waals surface area contributed by atoms with Crippen LogP contribution in [-0.4, -0.2) is 45.6 Å². The molecule has 0 radical (unpaired) electrons. The van der Waals surface area contributed by atoms with Crippen LogP contribution in [0.5, 0.6) is 0 Å². The van der Waals surface area contributed by atoms with E-state index in [4.69, 9.17) is 4.74 Å². The molecule has 3 aromatic carbocycles. The van der Waals surface area contributed by atoms with Gasteiger partial charge in [0.1, 0.15) is 11.2 Å². The molecule has 3 aromatic rings. The third-order valence-corrected chi connectivity index (χ3v) is 6.07. The van der Waals surface area contributed by atoms with E-state index in [-0.39, 0.29) is 25.8 Å². The van der Waals surface area contributed by atoms with Crippen LogP contribution >= 0.6 is 0 Å². The first kappa shape index (κ1) is 28.9. The fourth-order valence-corrected chi connectivity index (χ4v) is 4.22. The molecule has 3 rings (SSSR count). The standard InChI is InChI=1S/C31H38N2O5/c1-30(2,3)38-29(36)33-26(19-23-13-7-4-8-14-23)27(34)21-31(37,20-24-15-9-5-10-16-24)28(35)32-22-25-17-11-6-12-18-25/h4-18,26-27,34,37H,19-22H2,1-3H3,(H,32,35)(H,33,36)/t26-,27-,31-/m1/s1. The average molecular weight is 519 g/mol. The van der Waals surface area contributed by atoms with E-state index in [0.717, 1.165) is 16.7 Å². The van der Waals surface area contributed by atoms with Crippen molar-refractivity contribution in [2.24, 2.45) is 0 Å². The van der Waals surface area contributed by atoms with Gasteiger partial charge in [-0.2, -0.15) is 0 Å². The van der Waals surface area contributed by atoms with Crippen LogP contribution in [0.2, 0.25) is 0 Å². The number of carbonyl (C=O) groups is 2. The van der Waals surface area contributed by atoms with Gasteiger partial charge >= 0.3 is 6.09 Å². The second-order valence-electron chi connectivity index (χ2n) is 10.6. The summed E-state index contributed by atoms with van der Waals surface area (Å²) in [6.45, 7) is 5.50. The van der Waals surface area contributed by atoms with E-state index in [0.29, 0.717) is 0 Å². The number of amides is 2. The Morgan fingerprint density at radius 1 is 0.816 bits per heavy atom. The molecule has 0 unspecified atom stereocenters. The Kier molecular flexibility index (Phi) is 10.0. The van der Waals surface area contributed by atoms with Gasteiger partial charge in [-0.3, -0.25) is 4.79 Å². The number of aliphatic hydroxyl groups excluding tert-OH is 1. The maximum absolute atomic E-state index is 13.4. The van der Waals surface area contributed by atoms with E-state index in [1.54, 1.807) is 20.8 Å². The third kappa shape index (κ3) is 9.32. The number of nitrogens with one attached hydrogen (secondary N) is 2. The average Bonchev–Trinajstić information content (AvgIpc) is 2.87. The molecule has 202 valence electrons. The first-order chi connectivity index (χ1) is 18.0. The van der Waals surface area contributed by atoms with Crippen molar-refractivity contribution in [1.29, 1.82) is 0 Å². The van der Waals surface area contributed by atoms with Crippen molar-refractivity contribution in [2.75, 3.05) is 0 Å². The summed E-state index contributed by atoms with van der Waals surface area (Å²) >= 11 is 0. The van der Waals surface area contributed by atoms with Crippen LogP contribution in [0.15, 0.2) is 91.0 Å². The monoisotopic (exact) mass is 518 g/mol. The lowest BCUT2D eigenvalue weighted by Gasteiger charge is -2.33. The highest BCUT2D eigenvalue weighted by Gasteiger charge is 2.40. The van der Waals surface area contributed by atoms with Crippen molar-refractivity contribution < 1.29 is 24.5 Å². The summed E-state index contributed by atoms with van der Waals surface area (Å²) in [6.07, 6.45) is -1.95. The van der Waals surface area contributed by atoms with Gasteiger partial charge in [0.25, 0.3) is 5.91 Å². The van der Waals surface area contributed by atoms with Gasteiger partial charge in [0.05, 0.1) is 12.1 Å².